The maximum atomic E-state index is 13.1. The van der Waals surface area contributed by atoms with Gasteiger partial charge in [0.25, 0.3) is 5.91 Å². The smallest absolute Gasteiger partial charge is 0.494 e. The van der Waals surface area contributed by atoms with Crippen molar-refractivity contribution in [1.82, 2.24) is 10.2 Å². The van der Waals surface area contributed by atoms with E-state index in [0.29, 0.717) is 36.6 Å². The summed E-state index contributed by atoms with van der Waals surface area (Å²) in [6, 6.07) is 19.6. The van der Waals surface area contributed by atoms with E-state index in [0.717, 1.165) is 49.4 Å². The van der Waals surface area contributed by atoms with Crippen LogP contribution < -0.4 is 19.7 Å². The SMILES string of the molecule is CCCNC(=O)c1ccc(N2CCN(Cc3cc(OC(F)(F)F)cc(-c4cccc(OCC)c4)c3)CC2)cc1. The predicted molar refractivity (Wildman–Crippen MR) is 146 cm³/mol. The van der Waals surface area contributed by atoms with Gasteiger partial charge >= 0.3 is 6.36 Å². The molecule has 0 unspecified atom stereocenters. The quantitative estimate of drug-likeness (QED) is 0.336. The van der Waals surface area contributed by atoms with Crippen molar-refractivity contribution >= 4 is 11.6 Å². The molecular formula is C30H34F3N3O3. The van der Waals surface area contributed by atoms with Crippen molar-refractivity contribution in [3.8, 4) is 22.6 Å². The summed E-state index contributed by atoms with van der Waals surface area (Å²) in [4.78, 5) is 16.6. The lowest BCUT2D eigenvalue weighted by Gasteiger charge is -2.36. The third-order valence-electron chi connectivity index (χ3n) is 6.49. The molecule has 1 heterocycles. The number of carbonyl (C=O) groups is 1. The average Bonchev–Trinajstić information content (AvgIpc) is 2.91. The number of amides is 1. The number of alkyl halides is 3. The average molecular weight is 542 g/mol. The third-order valence-corrected chi connectivity index (χ3v) is 6.49. The lowest BCUT2D eigenvalue weighted by molar-refractivity contribution is -0.274. The number of ether oxygens (including phenoxy) is 2. The van der Waals surface area contributed by atoms with E-state index in [2.05, 4.69) is 19.9 Å². The zero-order valence-electron chi connectivity index (χ0n) is 22.3. The first-order chi connectivity index (χ1) is 18.7. The van der Waals surface area contributed by atoms with Gasteiger partial charge in [0.2, 0.25) is 0 Å². The number of hydrogen-bond acceptors (Lipinski definition) is 5. The van der Waals surface area contributed by atoms with Crippen molar-refractivity contribution < 1.29 is 27.4 Å². The van der Waals surface area contributed by atoms with Crippen LogP contribution in [0.3, 0.4) is 0 Å². The second-order valence-corrected chi connectivity index (χ2v) is 9.44. The van der Waals surface area contributed by atoms with E-state index in [1.807, 2.05) is 68.4 Å². The fraction of sp³-hybridized carbons (Fsp3) is 0.367. The Morgan fingerprint density at radius 3 is 2.28 bits per heavy atom. The van der Waals surface area contributed by atoms with Crippen LogP contribution in [0.1, 0.15) is 36.2 Å². The summed E-state index contributed by atoms with van der Waals surface area (Å²) in [6.45, 7) is 8.56. The number of benzene rings is 3. The van der Waals surface area contributed by atoms with E-state index in [-0.39, 0.29) is 11.7 Å². The summed E-state index contributed by atoms with van der Waals surface area (Å²) in [5.74, 6) is 0.344. The molecular weight excluding hydrogens is 507 g/mol. The van der Waals surface area contributed by atoms with Gasteiger partial charge in [0.1, 0.15) is 11.5 Å². The first-order valence-corrected chi connectivity index (χ1v) is 13.2. The summed E-state index contributed by atoms with van der Waals surface area (Å²) in [5.41, 5.74) is 3.80. The molecule has 3 aromatic carbocycles. The monoisotopic (exact) mass is 541 g/mol. The fourth-order valence-electron chi connectivity index (χ4n) is 4.63. The van der Waals surface area contributed by atoms with E-state index in [1.165, 1.54) is 12.1 Å². The van der Waals surface area contributed by atoms with Crippen LogP contribution in [0.2, 0.25) is 0 Å². The van der Waals surface area contributed by atoms with Crippen molar-refractivity contribution in [3.63, 3.8) is 0 Å². The van der Waals surface area contributed by atoms with Gasteiger partial charge in [-0.3, -0.25) is 9.69 Å². The van der Waals surface area contributed by atoms with Crippen molar-refractivity contribution in [3.05, 3.63) is 77.9 Å². The predicted octanol–water partition coefficient (Wildman–Crippen LogP) is 6.11. The number of carbonyl (C=O) groups excluding carboxylic acids is 1. The Kier molecular flexibility index (Phi) is 9.35. The minimum absolute atomic E-state index is 0.0751. The van der Waals surface area contributed by atoms with Crippen molar-refractivity contribution in [2.45, 2.75) is 33.2 Å². The van der Waals surface area contributed by atoms with Crippen LogP contribution >= 0.6 is 0 Å². The number of rotatable bonds is 10. The van der Waals surface area contributed by atoms with Crippen LogP contribution in [0.4, 0.5) is 18.9 Å². The van der Waals surface area contributed by atoms with E-state index < -0.39 is 6.36 Å². The number of nitrogens with zero attached hydrogens (tertiary/aromatic N) is 2. The van der Waals surface area contributed by atoms with Crippen LogP contribution in [-0.4, -0.2) is 56.5 Å². The van der Waals surface area contributed by atoms with Crippen LogP contribution in [0.25, 0.3) is 11.1 Å². The van der Waals surface area contributed by atoms with Gasteiger partial charge in [-0.15, -0.1) is 13.2 Å². The second-order valence-electron chi connectivity index (χ2n) is 9.44. The van der Waals surface area contributed by atoms with Gasteiger partial charge in [0.05, 0.1) is 6.61 Å². The lowest BCUT2D eigenvalue weighted by atomic mass is 10.0. The molecule has 3 aromatic rings. The fourth-order valence-corrected chi connectivity index (χ4v) is 4.63. The van der Waals surface area contributed by atoms with Gasteiger partial charge in [0, 0.05) is 50.5 Å². The van der Waals surface area contributed by atoms with E-state index in [1.54, 1.807) is 0 Å². The first kappa shape index (κ1) is 28.3. The Morgan fingerprint density at radius 2 is 1.62 bits per heavy atom. The molecule has 1 aliphatic heterocycles. The van der Waals surface area contributed by atoms with E-state index >= 15 is 0 Å². The van der Waals surface area contributed by atoms with Gasteiger partial charge < -0.3 is 19.7 Å². The summed E-state index contributed by atoms with van der Waals surface area (Å²) in [6.07, 6.45) is -3.89. The molecule has 1 amide bonds. The summed E-state index contributed by atoms with van der Waals surface area (Å²) < 4.78 is 49.1. The zero-order valence-corrected chi connectivity index (χ0v) is 22.3. The van der Waals surface area contributed by atoms with Crippen LogP contribution in [0.15, 0.2) is 66.7 Å². The molecule has 1 aliphatic rings. The normalized spacial score (nSPS) is 14.2. The molecule has 0 atom stereocenters. The summed E-state index contributed by atoms with van der Waals surface area (Å²) in [7, 11) is 0. The number of nitrogens with one attached hydrogen (secondary N) is 1. The molecule has 0 radical (unpaired) electrons. The van der Waals surface area contributed by atoms with Crippen LogP contribution in [0, 0.1) is 0 Å². The second kappa shape index (κ2) is 12.9. The van der Waals surface area contributed by atoms with Gasteiger partial charge in [0.15, 0.2) is 0 Å². The number of halogens is 3. The topological polar surface area (TPSA) is 54.0 Å². The Hall–Kier alpha value is -3.72. The maximum absolute atomic E-state index is 13.1. The maximum Gasteiger partial charge on any atom is 0.573 e. The lowest BCUT2D eigenvalue weighted by Crippen LogP contribution is -2.46. The van der Waals surface area contributed by atoms with Crippen molar-refractivity contribution in [2.75, 3.05) is 44.2 Å². The molecule has 0 saturated carbocycles. The zero-order chi connectivity index (χ0) is 27.8. The molecule has 9 heteroatoms. The molecule has 0 aliphatic carbocycles. The molecule has 0 spiro atoms. The molecule has 208 valence electrons. The van der Waals surface area contributed by atoms with Gasteiger partial charge in [-0.05, 0) is 84.6 Å². The van der Waals surface area contributed by atoms with E-state index in [4.69, 9.17) is 4.74 Å². The number of piperazine rings is 1. The Balaban J connectivity index is 1.44. The molecule has 39 heavy (non-hydrogen) atoms. The molecule has 1 N–H and O–H groups in total. The van der Waals surface area contributed by atoms with E-state index in [9.17, 15) is 18.0 Å². The summed E-state index contributed by atoms with van der Waals surface area (Å²) >= 11 is 0. The molecule has 6 nitrogen and oxygen atoms in total. The highest BCUT2D eigenvalue weighted by Gasteiger charge is 2.31. The number of hydrogen-bond donors (Lipinski definition) is 1. The molecule has 0 bridgehead atoms. The minimum atomic E-state index is -4.78. The largest absolute Gasteiger partial charge is 0.573 e. The molecule has 1 fully saturated rings. The third kappa shape index (κ3) is 8.13. The highest BCUT2D eigenvalue weighted by Crippen LogP contribution is 2.32. The first-order valence-electron chi connectivity index (χ1n) is 13.2. The van der Waals surface area contributed by atoms with Crippen LogP contribution in [0.5, 0.6) is 11.5 Å². The highest BCUT2D eigenvalue weighted by atomic mass is 19.4. The van der Waals surface area contributed by atoms with Gasteiger partial charge in [-0.1, -0.05) is 19.1 Å². The van der Waals surface area contributed by atoms with Crippen molar-refractivity contribution in [2.24, 2.45) is 0 Å². The van der Waals surface area contributed by atoms with Crippen molar-refractivity contribution in [1.29, 1.82) is 0 Å². The van der Waals surface area contributed by atoms with Crippen LogP contribution in [-0.2, 0) is 6.54 Å². The molecule has 4 rings (SSSR count). The van der Waals surface area contributed by atoms with Gasteiger partial charge in [-0.25, -0.2) is 0 Å². The Bertz CT molecular complexity index is 1240. The number of anilines is 1. The Morgan fingerprint density at radius 1 is 0.897 bits per heavy atom. The molecule has 0 aromatic heterocycles. The summed E-state index contributed by atoms with van der Waals surface area (Å²) in [5, 5.41) is 2.88. The standard InChI is InChI=1S/C30H34F3N3O3/c1-3-12-34-29(37)23-8-10-26(11-9-23)36-15-13-35(14-16-36)21-22-17-25(20-28(18-22)39-30(31,32)33)24-6-5-7-27(19-24)38-4-2/h5-11,17-20H,3-4,12-16,21H2,1-2H3,(H,34,37). The highest BCUT2D eigenvalue weighted by molar-refractivity contribution is 5.94. The Labute approximate surface area is 227 Å². The van der Waals surface area contributed by atoms with Gasteiger partial charge in [-0.2, -0.15) is 0 Å². The molecule has 1 saturated heterocycles. The minimum Gasteiger partial charge on any atom is -0.494 e.